The lowest BCUT2D eigenvalue weighted by Gasteiger charge is -1.99. The molecule has 4 heteroatoms. The van der Waals surface area contributed by atoms with Crippen LogP contribution in [-0.4, -0.2) is 25.4 Å². The Morgan fingerprint density at radius 2 is 2.30 bits per heavy atom. The number of carbonyl (C=O) groups is 1. The van der Waals surface area contributed by atoms with Gasteiger partial charge in [-0.25, -0.2) is 0 Å². The first-order chi connectivity index (χ1) is 4.81. The van der Waals surface area contributed by atoms with E-state index >= 15 is 0 Å². The van der Waals surface area contributed by atoms with Gasteiger partial charge in [-0.15, -0.1) is 0 Å². The number of nitrogens with one attached hydrogen (secondary N) is 2. The van der Waals surface area contributed by atoms with Crippen LogP contribution in [0.2, 0.25) is 0 Å². The fraction of sp³-hybridized carbons (Fsp3) is 0.833. The van der Waals surface area contributed by atoms with Crippen molar-refractivity contribution in [3.63, 3.8) is 0 Å². The number of hydrogen-bond donors (Lipinski definition) is 3. The van der Waals surface area contributed by atoms with Crippen LogP contribution in [0.1, 0.15) is 12.8 Å². The van der Waals surface area contributed by atoms with Crippen LogP contribution in [0.25, 0.3) is 0 Å². The summed E-state index contributed by atoms with van der Waals surface area (Å²) >= 11 is 3.96. The molecule has 0 aromatic carbocycles. The van der Waals surface area contributed by atoms with E-state index in [2.05, 4.69) is 23.3 Å². The molecule has 10 heavy (non-hydrogen) atoms. The van der Waals surface area contributed by atoms with Crippen LogP contribution in [0.15, 0.2) is 0 Å². The largest absolute Gasteiger partial charge is 0.359 e. The summed E-state index contributed by atoms with van der Waals surface area (Å²) in [5, 5.41) is 5.57. The molecule has 0 spiro atoms. The third-order valence-corrected chi connectivity index (χ3v) is 1.37. The molecule has 0 aliphatic rings. The molecule has 0 atom stereocenters. The number of carbonyl (C=O) groups excluding carboxylic acids is 1. The van der Waals surface area contributed by atoms with E-state index in [4.69, 9.17) is 0 Å². The van der Waals surface area contributed by atoms with Gasteiger partial charge in [-0.1, -0.05) is 0 Å². The Labute approximate surface area is 67.0 Å². The summed E-state index contributed by atoms with van der Waals surface area (Å²) < 4.78 is 0. The minimum atomic E-state index is 0.0981. The molecule has 60 valence electrons. The molecule has 3 nitrogen and oxygen atoms in total. The predicted molar refractivity (Wildman–Crippen MR) is 45.2 cm³/mol. The Balaban J connectivity index is 2.96. The molecular formula is C6H14N2OS. The molecule has 0 radical (unpaired) electrons. The van der Waals surface area contributed by atoms with Gasteiger partial charge in [-0.2, -0.15) is 12.6 Å². The fourth-order valence-corrected chi connectivity index (χ4v) is 0.736. The summed E-state index contributed by atoms with van der Waals surface area (Å²) in [6.45, 7) is 0.858. The quantitative estimate of drug-likeness (QED) is 0.302. The van der Waals surface area contributed by atoms with E-state index in [1.54, 1.807) is 7.05 Å². The minimum Gasteiger partial charge on any atom is -0.359 e. The SMILES string of the molecule is CNC(=O)CCCNCS. The summed E-state index contributed by atoms with van der Waals surface area (Å²) in [5.41, 5.74) is 0. The van der Waals surface area contributed by atoms with Crippen LogP contribution in [-0.2, 0) is 4.79 Å². The lowest BCUT2D eigenvalue weighted by atomic mass is 10.3. The fourth-order valence-electron chi connectivity index (χ4n) is 0.578. The third-order valence-electron chi connectivity index (χ3n) is 1.15. The maximum absolute atomic E-state index is 10.6. The van der Waals surface area contributed by atoms with Crippen LogP contribution in [0.3, 0.4) is 0 Å². The maximum Gasteiger partial charge on any atom is 0.219 e. The Morgan fingerprint density at radius 1 is 1.60 bits per heavy atom. The van der Waals surface area contributed by atoms with Crippen molar-refractivity contribution in [3.8, 4) is 0 Å². The summed E-state index contributed by atoms with van der Waals surface area (Å²) in [5.74, 6) is 0.772. The van der Waals surface area contributed by atoms with Gasteiger partial charge in [0.2, 0.25) is 5.91 Å². The van der Waals surface area contributed by atoms with Gasteiger partial charge in [0.05, 0.1) is 0 Å². The Hall–Kier alpha value is -0.220. The van der Waals surface area contributed by atoms with Crippen LogP contribution in [0.4, 0.5) is 0 Å². The van der Waals surface area contributed by atoms with Crippen molar-refractivity contribution < 1.29 is 4.79 Å². The summed E-state index contributed by atoms with van der Waals surface area (Å²) in [7, 11) is 1.65. The second kappa shape index (κ2) is 6.89. The van der Waals surface area contributed by atoms with Crippen molar-refractivity contribution in [2.24, 2.45) is 0 Å². The van der Waals surface area contributed by atoms with Gasteiger partial charge in [0.15, 0.2) is 0 Å². The summed E-state index contributed by atoms with van der Waals surface area (Å²) in [6.07, 6.45) is 1.47. The van der Waals surface area contributed by atoms with Gasteiger partial charge in [0.25, 0.3) is 0 Å². The van der Waals surface area contributed by atoms with E-state index in [9.17, 15) is 4.79 Å². The first-order valence-electron chi connectivity index (χ1n) is 3.33. The van der Waals surface area contributed by atoms with E-state index in [0.717, 1.165) is 13.0 Å². The van der Waals surface area contributed by atoms with Gasteiger partial charge in [0.1, 0.15) is 0 Å². The van der Waals surface area contributed by atoms with Crippen molar-refractivity contribution in [1.82, 2.24) is 10.6 Å². The number of thiol groups is 1. The van der Waals surface area contributed by atoms with Crippen LogP contribution in [0.5, 0.6) is 0 Å². The van der Waals surface area contributed by atoms with Crippen LogP contribution in [0, 0.1) is 0 Å². The second-order valence-corrected chi connectivity index (χ2v) is 2.25. The molecule has 0 bridgehead atoms. The van der Waals surface area contributed by atoms with Gasteiger partial charge >= 0.3 is 0 Å². The number of hydrogen-bond acceptors (Lipinski definition) is 3. The lowest BCUT2D eigenvalue weighted by Crippen LogP contribution is -2.20. The molecule has 0 aliphatic heterocycles. The predicted octanol–water partition coefficient (Wildman–Crippen LogP) is -0.0105. The normalized spacial score (nSPS) is 9.40. The zero-order chi connectivity index (χ0) is 7.82. The first kappa shape index (κ1) is 9.78. The molecule has 0 saturated heterocycles. The van der Waals surface area contributed by atoms with Crippen molar-refractivity contribution in [2.45, 2.75) is 12.8 Å². The highest BCUT2D eigenvalue weighted by molar-refractivity contribution is 7.80. The molecule has 1 amide bonds. The molecule has 0 heterocycles. The molecular weight excluding hydrogens is 148 g/mol. The molecule has 0 aromatic rings. The third kappa shape index (κ3) is 5.91. The van der Waals surface area contributed by atoms with Gasteiger partial charge in [-0.05, 0) is 13.0 Å². The van der Waals surface area contributed by atoms with Gasteiger partial charge in [-0.3, -0.25) is 4.79 Å². The molecule has 0 aromatic heterocycles. The molecule has 2 N–H and O–H groups in total. The first-order valence-corrected chi connectivity index (χ1v) is 3.96. The van der Waals surface area contributed by atoms with Gasteiger partial charge < -0.3 is 10.6 Å². The van der Waals surface area contributed by atoms with E-state index in [-0.39, 0.29) is 5.91 Å². The average Bonchev–Trinajstić information content (AvgIpc) is 1.98. The molecule has 0 unspecified atom stereocenters. The number of rotatable bonds is 5. The van der Waals surface area contributed by atoms with Gasteiger partial charge in [0, 0.05) is 19.3 Å². The lowest BCUT2D eigenvalue weighted by molar-refractivity contribution is -0.120. The molecule has 0 aliphatic carbocycles. The van der Waals surface area contributed by atoms with Crippen LogP contribution < -0.4 is 10.6 Å². The minimum absolute atomic E-state index is 0.0981. The van der Waals surface area contributed by atoms with Crippen molar-refractivity contribution >= 4 is 18.5 Å². The summed E-state index contributed by atoms with van der Waals surface area (Å²) in [6, 6.07) is 0. The second-order valence-electron chi connectivity index (χ2n) is 1.93. The maximum atomic E-state index is 10.6. The van der Waals surface area contributed by atoms with Crippen molar-refractivity contribution in [3.05, 3.63) is 0 Å². The monoisotopic (exact) mass is 162 g/mol. The van der Waals surface area contributed by atoms with Crippen molar-refractivity contribution in [2.75, 3.05) is 19.5 Å². The zero-order valence-corrected chi connectivity index (χ0v) is 7.08. The molecule has 0 rings (SSSR count). The molecule has 0 saturated carbocycles. The smallest absolute Gasteiger partial charge is 0.219 e. The highest BCUT2D eigenvalue weighted by Gasteiger charge is 1.94. The Bertz CT molecular complexity index is 97.7. The van der Waals surface area contributed by atoms with E-state index in [0.29, 0.717) is 12.3 Å². The Morgan fingerprint density at radius 3 is 2.80 bits per heavy atom. The summed E-state index contributed by atoms with van der Waals surface area (Å²) in [4.78, 5) is 10.6. The molecule has 0 fully saturated rings. The average molecular weight is 162 g/mol. The van der Waals surface area contributed by atoms with Crippen LogP contribution >= 0.6 is 12.6 Å². The highest BCUT2D eigenvalue weighted by atomic mass is 32.1. The van der Waals surface area contributed by atoms with Crippen molar-refractivity contribution in [1.29, 1.82) is 0 Å². The van der Waals surface area contributed by atoms with E-state index < -0.39 is 0 Å². The zero-order valence-electron chi connectivity index (χ0n) is 6.18. The standard InChI is InChI=1S/C6H14N2OS/c1-7-6(9)3-2-4-8-5-10/h8,10H,2-5H2,1H3,(H,7,9). The Kier molecular flexibility index (Phi) is 6.74. The van der Waals surface area contributed by atoms with E-state index in [1.807, 2.05) is 0 Å². The highest BCUT2D eigenvalue weighted by Crippen LogP contribution is 1.85. The van der Waals surface area contributed by atoms with E-state index in [1.165, 1.54) is 0 Å². The topological polar surface area (TPSA) is 41.1 Å². The number of amides is 1.